The van der Waals surface area contributed by atoms with Crippen molar-refractivity contribution in [1.29, 1.82) is 0 Å². The minimum absolute atomic E-state index is 0.228. The first-order valence-corrected chi connectivity index (χ1v) is 4.21. The Bertz CT molecular complexity index is 92.0. The van der Waals surface area contributed by atoms with Crippen LogP contribution in [0, 0.1) is 0 Å². The standard InChI is InChI=1S/C8H19NO2/c1-4-8(5-2,6-3)11-7(9)10/h7,10H,4-6,9H2,1-3H3/t7-/m1/s1. The van der Waals surface area contributed by atoms with Gasteiger partial charge in [-0.25, -0.2) is 0 Å². The largest absolute Gasteiger partial charge is 0.356 e. The number of hydrogen-bond donors (Lipinski definition) is 2. The van der Waals surface area contributed by atoms with Gasteiger partial charge in [-0.15, -0.1) is 0 Å². The molecule has 0 aromatic heterocycles. The van der Waals surface area contributed by atoms with E-state index in [1.165, 1.54) is 0 Å². The summed E-state index contributed by atoms with van der Waals surface area (Å²) in [4.78, 5) is 0. The summed E-state index contributed by atoms with van der Waals surface area (Å²) >= 11 is 0. The summed E-state index contributed by atoms with van der Waals surface area (Å²) in [7, 11) is 0. The van der Waals surface area contributed by atoms with Gasteiger partial charge in [-0.2, -0.15) is 0 Å². The van der Waals surface area contributed by atoms with Crippen molar-refractivity contribution in [3.63, 3.8) is 0 Å². The normalized spacial score (nSPS) is 15.0. The van der Waals surface area contributed by atoms with Crippen molar-refractivity contribution in [3.8, 4) is 0 Å². The number of hydrogen-bond acceptors (Lipinski definition) is 3. The predicted molar refractivity (Wildman–Crippen MR) is 44.9 cm³/mol. The van der Waals surface area contributed by atoms with Gasteiger partial charge in [0.2, 0.25) is 6.41 Å². The molecule has 1 atom stereocenters. The Morgan fingerprint density at radius 2 is 1.64 bits per heavy atom. The second kappa shape index (κ2) is 4.70. The molecule has 0 heterocycles. The lowest BCUT2D eigenvalue weighted by Gasteiger charge is -2.31. The van der Waals surface area contributed by atoms with E-state index >= 15 is 0 Å². The van der Waals surface area contributed by atoms with Crippen LogP contribution in [-0.4, -0.2) is 17.1 Å². The topological polar surface area (TPSA) is 55.5 Å². The van der Waals surface area contributed by atoms with E-state index in [0.29, 0.717) is 0 Å². The van der Waals surface area contributed by atoms with E-state index in [0.717, 1.165) is 19.3 Å². The third kappa shape index (κ3) is 3.18. The maximum Gasteiger partial charge on any atom is 0.211 e. The summed E-state index contributed by atoms with van der Waals surface area (Å²) in [6.07, 6.45) is 1.51. The number of nitrogens with two attached hydrogens (primary N) is 1. The molecule has 68 valence electrons. The highest BCUT2D eigenvalue weighted by molar-refractivity contribution is 4.75. The molecule has 0 rings (SSSR count). The fourth-order valence-electron chi connectivity index (χ4n) is 1.26. The van der Waals surface area contributed by atoms with E-state index in [9.17, 15) is 0 Å². The maximum atomic E-state index is 8.84. The zero-order valence-electron chi connectivity index (χ0n) is 7.63. The molecule has 11 heavy (non-hydrogen) atoms. The number of aliphatic hydroxyl groups excluding tert-OH is 1. The van der Waals surface area contributed by atoms with E-state index < -0.39 is 6.41 Å². The van der Waals surface area contributed by atoms with Crippen LogP contribution in [0.3, 0.4) is 0 Å². The fourth-order valence-corrected chi connectivity index (χ4v) is 1.26. The Labute approximate surface area is 68.5 Å². The van der Waals surface area contributed by atoms with Crippen LogP contribution in [0.5, 0.6) is 0 Å². The van der Waals surface area contributed by atoms with E-state index in [1.54, 1.807) is 0 Å². The Morgan fingerprint density at radius 3 is 1.73 bits per heavy atom. The molecular formula is C8H19NO2. The number of aliphatic hydroxyl groups is 1. The molecule has 0 amide bonds. The van der Waals surface area contributed by atoms with Gasteiger partial charge < -0.3 is 9.84 Å². The molecule has 0 aliphatic heterocycles. The third-order valence-corrected chi connectivity index (χ3v) is 2.30. The van der Waals surface area contributed by atoms with Crippen molar-refractivity contribution in [2.45, 2.75) is 52.0 Å². The van der Waals surface area contributed by atoms with Crippen LogP contribution < -0.4 is 5.73 Å². The van der Waals surface area contributed by atoms with E-state index in [1.807, 2.05) is 20.8 Å². The Hall–Kier alpha value is -0.120. The van der Waals surface area contributed by atoms with Crippen molar-refractivity contribution in [2.24, 2.45) is 5.73 Å². The predicted octanol–water partition coefficient (Wildman–Crippen LogP) is 1.21. The highest BCUT2D eigenvalue weighted by Gasteiger charge is 2.26. The molecule has 0 aliphatic carbocycles. The highest BCUT2D eigenvalue weighted by Crippen LogP contribution is 2.24. The van der Waals surface area contributed by atoms with Crippen molar-refractivity contribution < 1.29 is 9.84 Å². The first-order valence-electron chi connectivity index (χ1n) is 4.21. The van der Waals surface area contributed by atoms with Crippen LogP contribution in [0.15, 0.2) is 0 Å². The lowest BCUT2D eigenvalue weighted by Crippen LogP contribution is -2.38. The molecule has 3 N–H and O–H groups in total. The van der Waals surface area contributed by atoms with Crippen molar-refractivity contribution in [1.82, 2.24) is 0 Å². The molecule has 0 saturated heterocycles. The smallest absolute Gasteiger partial charge is 0.211 e. The lowest BCUT2D eigenvalue weighted by molar-refractivity contribution is -0.186. The summed E-state index contributed by atoms with van der Waals surface area (Å²) in [5.41, 5.74) is 4.91. The molecule has 0 saturated carbocycles. The SMILES string of the molecule is CCC(CC)(CC)O[C@H](N)O. The van der Waals surface area contributed by atoms with Crippen LogP contribution in [0.4, 0.5) is 0 Å². The Kier molecular flexibility index (Phi) is 4.65. The van der Waals surface area contributed by atoms with Gasteiger partial charge in [0, 0.05) is 0 Å². The summed E-state index contributed by atoms with van der Waals surface area (Å²) in [6, 6.07) is 0. The second-order valence-electron chi connectivity index (χ2n) is 2.75. The molecule has 0 unspecified atom stereocenters. The van der Waals surface area contributed by atoms with E-state index in [2.05, 4.69) is 0 Å². The summed E-state index contributed by atoms with van der Waals surface area (Å²) in [5, 5.41) is 8.84. The maximum absolute atomic E-state index is 8.84. The highest BCUT2D eigenvalue weighted by atomic mass is 16.6. The molecule has 3 heteroatoms. The van der Waals surface area contributed by atoms with Crippen LogP contribution in [0.2, 0.25) is 0 Å². The van der Waals surface area contributed by atoms with E-state index in [-0.39, 0.29) is 5.60 Å². The number of rotatable bonds is 5. The van der Waals surface area contributed by atoms with Gasteiger partial charge in [0.1, 0.15) is 0 Å². The van der Waals surface area contributed by atoms with Crippen molar-refractivity contribution >= 4 is 0 Å². The molecule has 0 radical (unpaired) electrons. The monoisotopic (exact) mass is 161 g/mol. The van der Waals surface area contributed by atoms with Gasteiger partial charge in [0.25, 0.3) is 0 Å². The molecule has 0 aromatic carbocycles. The van der Waals surface area contributed by atoms with Crippen molar-refractivity contribution in [2.75, 3.05) is 0 Å². The second-order valence-corrected chi connectivity index (χ2v) is 2.75. The summed E-state index contributed by atoms with van der Waals surface area (Å²) in [5.74, 6) is 0. The quantitative estimate of drug-likeness (QED) is 0.596. The fraction of sp³-hybridized carbons (Fsp3) is 1.00. The van der Waals surface area contributed by atoms with Gasteiger partial charge in [-0.1, -0.05) is 20.8 Å². The Morgan fingerprint density at radius 1 is 1.27 bits per heavy atom. The summed E-state index contributed by atoms with van der Waals surface area (Å²) in [6.45, 7) is 6.11. The van der Waals surface area contributed by atoms with Gasteiger partial charge in [0.05, 0.1) is 5.60 Å². The molecule has 0 spiro atoms. The van der Waals surface area contributed by atoms with Crippen LogP contribution in [-0.2, 0) is 4.74 Å². The van der Waals surface area contributed by atoms with Gasteiger partial charge >= 0.3 is 0 Å². The third-order valence-electron chi connectivity index (χ3n) is 2.30. The van der Waals surface area contributed by atoms with Crippen LogP contribution in [0.1, 0.15) is 40.0 Å². The van der Waals surface area contributed by atoms with Gasteiger partial charge in [0.15, 0.2) is 0 Å². The average Bonchev–Trinajstić information content (AvgIpc) is 2.00. The molecule has 0 fully saturated rings. The van der Waals surface area contributed by atoms with Crippen molar-refractivity contribution in [3.05, 3.63) is 0 Å². The lowest BCUT2D eigenvalue weighted by atomic mass is 9.94. The minimum atomic E-state index is -1.14. The average molecular weight is 161 g/mol. The van der Waals surface area contributed by atoms with Gasteiger partial charge in [-0.05, 0) is 19.3 Å². The van der Waals surface area contributed by atoms with Gasteiger partial charge in [-0.3, -0.25) is 5.73 Å². The zero-order valence-corrected chi connectivity index (χ0v) is 7.63. The molecule has 0 aliphatic rings. The minimum Gasteiger partial charge on any atom is -0.356 e. The zero-order chi connectivity index (χ0) is 8.91. The van der Waals surface area contributed by atoms with Crippen LogP contribution >= 0.6 is 0 Å². The van der Waals surface area contributed by atoms with E-state index in [4.69, 9.17) is 15.6 Å². The first kappa shape index (κ1) is 10.9. The molecule has 0 aromatic rings. The first-order chi connectivity index (χ1) is 5.10. The molecule has 0 bridgehead atoms. The Balaban J connectivity index is 4.05. The molecular weight excluding hydrogens is 142 g/mol. The van der Waals surface area contributed by atoms with Crippen LogP contribution in [0.25, 0.3) is 0 Å². The number of ether oxygens (including phenoxy) is 1. The summed E-state index contributed by atoms with van der Waals surface area (Å²) < 4.78 is 5.22. The molecule has 3 nitrogen and oxygen atoms in total.